The maximum absolute atomic E-state index is 13.7. The lowest BCUT2D eigenvalue weighted by Gasteiger charge is -2.32. The summed E-state index contributed by atoms with van der Waals surface area (Å²) in [4.78, 5) is 33.6. The Morgan fingerprint density at radius 1 is 1.16 bits per heavy atom. The van der Waals surface area contributed by atoms with Gasteiger partial charge in [0.25, 0.3) is 5.56 Å². The van der Waals surface area contributed by atoms with Crippen LogP contribution in [-0.2, 0) is 11.2 Å². The van der Waals surface area contributed by atoms with Gasteiger partial charge in [0, 0.05) is 44.8 Å². The van der Waals surface area contributed by atoms with Crippen LogP contribution >= 0.6 is 0 Å². The highest BCUT2D eigenvalue weighted by atomic mass is 19.1. The van der Waals surface area contributed by atoms with Gasteiger partial charge in [-0.15, -0.1) is 0 Å². The quantitative estimate of drug-likeness (QED) is 0.652. The number of ether oxygens (including phenoxy) is 1. The molecule has 0 spiro atoms. The van der Waals surface area contributed by atoms with Crippen molar-refractivity contribution in [2.24, 2.45) is 0 Å². The third-order valence-electron chi connectivity index (χ3n) is 5.45. The van der Waals surface area contributed by atoms with E-state index in [1.165, 1.54) is 6.07 Å². The van der Waals surface area contributed by atoms with E-state index in [9.17, 15) is 18.4 Å². The molecule has 4 rings (SSSR count). The molecule has 0 aliphatic carbocycles. The molecule has 1 aliphatic heterocycles. The number of carbonyl (C=O) groups excluding carboxylic acids is 1. The molecule has 0 unspecified atom stereocenters. The van der Waals surface area contributed by atoms with Crippen LogP contribution in [0.15, 0.2) is 47.3 Å². The van der Waals surface area contributed by atoms with Crippen LogP contribution in [0.4, 0.5) is 8.78 Å². The summed E-state index contributed by atoms with van der Waals surface area (Å²) in [5, 5.41) is 0.549. The number of hydrogen-bond donors (Lipinski definition) is 1. The van der Waals surface area contributed by atoms with Gasteiger partial charge in [0.2, 0.25) is 5.91 Å². The molecular weight excluding hydrogens is 404 g/mol. The smallest absolute Gasteiger partial charge is 0.258 e. The average molecular weight is 427 g/mol. The van der Waals surface area contributed by atoms with E-state index in [1.807, 2.05) is 6.07 Å². The molecule has 1 saturated heterocycles. The molecule has 0 bridgehead atoms. The Morgan fingerprint density at radius 3 is 2.71 bits per heavy atom. The monoisotopic (exact) mass is 427 g/mol. The van der Waals surface area contributed by atoms with Gasteiger partial charge in [0.05, 0.1) is 10.9 Å². The number of rotatable bonds is 6. The maximum Gasteiger partial charge on any atom is 0.258 e. The SMILES string of the molecule is O=C(CCCc1nc2ccccc2c(=O)[nH]1)N1CCC(Oc2ccc(F)cc2F)CC1. The van der Waals surface area contributed by atoms with Crippen LogP contribution in [0.25, 0.3) is 10.9 Å². The van der Waals surface area contributed by atoms with Crippen molar-refractivity contribution >= 4 is 16.8 Å². The number of carbonyl (C=O) groups is 1. The van der Waals surface area contributed by atoms with Crippen LogP contribution < -0.4 is 10.3 Å². The Bertz CT molecular complexity index is 1140. The summed E-state index contributed by atoms with van der Waals surface area (Å²) < 4.78 is 32.4. The van der Waals surface area contributed by atoms with E-state index in [0.717, 1.165) is 12.1 Å². The molecule has 1 amide bonds. The normalized spacial score (nSPS) is 14.7. The van der Waals surface area contributed by atoms with Gasteiger partial charge in [-0.25, -0.2) is 13.8 Å². The summed E-state index contributed by atoms with van der Waals surface area (Å²) in [7, 11) is 0. The first kappa shape index (κ1) is 21.0. The Kier molecular flexibility index (Phi) is 6.25. The van der Waals surface area contributed by atoms with Crippen LogP contribution in [0.3, 0.4) is 0 Å². The van der Waals surface area contributed by atoms with Gasteiger partial charge < -0.3 is 14.6 Å². The molecule has 6 nitrogen and oxygen atoms in total. The summed E-state index contributed by atoms with van der Waals surface area (Å²) in [6.45, 7) is 1.05. The second-order valence-corrected chi connectivity index (χ2v) is 7.66. The third-order valence-corrected chi connectivity index (χ3v) is 5.45. The first-order valence-corrected chi connectivity index (χ1v) is 10.4. The Morgan fingerprint density at radius 2 is 1.94 bits per heavy atom. The number of piperidine rings is 1. The molecule has 1 aromatic heterocycles. The van der Waals surface area contributed by atoms with E-state index in [1.54, 1.807) is 23.1 Å². The van der Waals surface area contributed by atoms with Crippen molar-refractivity contribution < 1.29 is 18.3 Å². The first-order chi connectivity index (χ1) is 15.0. The van der Waals surface area contributed by atoms with Crippen molar-refractivity contribution in [2.45, 2.75) is 38.2 Å². The number of amides is 1. The molecule has 8 heteroatoms. The second-order valence-electron chi connectivity index (χ2n) is 7.66. The predicted octanol–water partition coefficient (Wildman–Crippen LogP) is 3.59. The zero-order valence-corrected chi connectivity index (χ0v) is 16.9. The number of aromatic nitrogens is 2. The van der Waals surface area contributed by atoms with Crippen LogP contribution in [-0.4, -0.2) is 40.0 Å². The van der Waals surface area contributed by atoms with Crippen LogP contribution in [0.2, 0.25) is 0 Å². The predicted molar refractivity (Wildman–Crippen MR) is 112 cm³/mol. The van der Waals surface area contributed by atoms with Crippen LogP contribution in [0, 0.1) is 11.6 Å². The molecule has 1 aliphatic rings. The van der Waals surface area contributed by atoms with Crippen molar-refractivity contribution in [3.8, 4) is 5.75 Å². The Balaban J connectivity index is 1.24. The maximum atomic E-state index is 13.7. The summed E-state index contributed by atoms with van der Waals surface area (Å²) in [5.41, 5.74) is 0.471. The number of aryl methyl sites for hydroxylation is 1. The summed E-state index contributed by atoms with van der Waals surface area (Å²) >= 11 is 0. The zero-order chi connectivity index (χ0) is 21.8. The van der Waals surface area contributed by atoms with Crippen molar-refractivity contribution in [1.82, 2.24) is 14.9 Å². The number of hydrogen-bond acceptors (Lipinski definition) is 4. The highest BCUT2D eigenvalue weighted by Crippen LogP contribution is 2.23. The van der Waals surface area contributed by atoms with Gasteiger partial charge in [-0.1, -0.05) is 12.1 Å². The highest BCUT2D eigenvalue weighted by molar-refractivity contribution is 5.77. The molecule has 2 heterocycles. The van der Waals surface area contributed by atoms with E-state index >= 15 is 0 Å². The lowest BCUT2D eigenvalue weighted by Crippen LogP contribution is -2.41. The minimum absolute atomic E-state index is 0.0306. The molecule has 0 atom stereocenters. The topological polar surface area (TPSA) is 75.3 Å². The number of likely N-dealkylation sites (tertiary alicyclic amines) is 1. The second kappa shape index (κ2) is 9.24. The lowest BCUT2D eigenvalue weighted by molar-refractivity contribution is -0.133. The fraction of sp³-hybridized carbons (Fsp3) is 0.348. The van der Waals surface area contributed by atoms with Gasteiger partial charge in [0.15, 0.2) is 11.6 Å². The molecular formula is C23H23F2N3O3. The highest BCUT2D eigenvalue weighted by Gasteiger charge is 2.24. The van der Waals surface area contributed by atoms with Crippen LogP contribution in [0.5, 0.6) is 5.75 Å². The number of fused-ring (bicyclic) bond motifs is 1. The summed E-state index contributed by atoms with van der Waals surface area (Å²) in [6, 6.07) is 10.4. The van der Waals surface area contributed by atoms with Gasteiger partial charge in [-0.2, -0.15) is 0 Å². The fourth-order valence-corrected chi connectivity index (χ4v) is 3.79. The summed E-state index contributed by atoms with van der Waals surface area (Å²) in [6.07, 6.45) is 2.40. The minimum Gasteiger partial charge on any atom is -0.487 e. The molecule has 1 N–H and O–H groups in total. The lowest BCUT2D eigenvalue weighted by atomic mass is 10.1. The van der Waals surface area contributed by atoms with Crippen molar-refractivity contribution in [3.05, 3.63) is 70.3 Å². The molecule has 2 aromatic carbocycles. The first-order valence-electron chi connectivity index (χ1n) is 10.4. The molecule has 0 radical (unpaired) electrons. The number of halogens is 2. The van der Waals surface area contributed by atoms with Crippen molar-refractivity contribution in [2.75, 3.05) is 13.1 Å². The zero-order valence-electron chi connectivity index (χ0n) is 16.9. The molecule has 3 aromatic rings. The number of para-hydroxylation sites is 1. The number of nitrogens with one attached hydrogen (secondary N) is 1. The number of H-pyrrole nitrogens is 1. The Labute approximate surface area is 177 Å². The van der Waals surface area contributed by atoms with Gasteiger partial charge in [0.1, 0.15) is 17.7 Å². The molecule has 31 heavy (non-hydrogen) atoms. The molecule has 1 fully saturated rings. The molecule has 0 saturated carbocycles. The van der Waals surface area contributed by atoms with E-state index in [-0.39, 0.29) is 23.3 Å². The van der Waals surface area contributed by atoms with Gasteiger partial charge in [-0.3, -0.25) is 9.59 Å². The van der Waals surface area contributed by atoms with E-state index in [4.69, 9.17) is 4.74 Å². The standard InChI is InChI=1S/C23H23F2N3O3/c24-15-8-9-20(18(25)14-15)31-16-10-12-28(13-11-16)22(29)7-3-6-21-26-19-5-2-1-4-17(19)23(30)27-21/h1-2,4-5,8-9,14,16H,3,6-7,10-13H2,(H,26,27,30). The average Bonchev–Trinajstić information content (AvgIpc) is 2.76. The summed E-state index contributed by atoms with van der Waals surface area (Å²) in [5.74, 6) is -0.727. The minimum atomic E-state index is -0.723. The Hall–Kier alpha value is -3.29. The van der Waals surface area contributed by atoms with Crippen molar-refractivity contribution in [3.63, 3.8) is 0 Å². The number of aromatic amines is 1. The molecule has 162 valence electrons. The van der Waals surface area contributed by atoms with Gasteiger partial charge >= 0.3 is 0 Å². The fourth-order valence-electron chi connectivity index (χ4n) is 3.79. The van der Waals surface area contributed by atoms with Gasteiger partial charge in [-0.05, 0) is 30.7 Å². The van der Waals surface area contributed by atoms with Crippen LogP contribution in [0.1, 0.15) is 31.5 Å². The van der Waals surface area contributed by atoms with E-state index < -0.39 is 11.6 Å². The van der Waals surface area contributed by atoms with E-state index in [0.29, 0.717) is 61.9 Å². The van der Waals surface area contributed by atoms with Crippen molar-refractivity contribution in [1.29, 1.82) is 0 Å². The number of nitrogens with zero attached hydrogens (tertiary/aromatic N) is 2. The van der Waals surface area contributed by atoms with E-state index in [2.05, 4.69) is 9.97 Å². The number of benzene rings is 2. The third kappa shape index (κ3) is 5.07. The largest absolute Gasteiger partial charge is 0.487 e.